The number of nitrogens with zero attached hydrogens (tertiary/aromatic N) is 10. The first-order valence-electron chi connectivity index (χ1n) is 22.1. The van der Waals surface area contributed by atoms with Gasteiger partial charge in [-0.1, -0.05) is 51.4 Å². The number of rotatable bonds is 14. The van der Waals surface area contributed by atoms with Crippen LogP contribution in [-0.4, -0.2) is 111 Å². The van der Waals surface area contributed by atoms with Crippen LogP contribution in [0.15, 0.2) is 42.5 Å². The summed E-state index contributed by atoms with van der Waals surface area (Å²) in [5.74, 6) is 2.49. The number of Topliss-reactive ketones (excluding diaryl/α,β-unsaturated/α-hetero) is 2. The minimum atomic E-state index is 0.0848. The number of carbonyl (C=O) groups is 2. The second kappa shape index (κ2) is 20.1. The third kappa shape index (κ3) is 10.9. The fourth-order valence-electron chi connectivity index (χ4n) is 8.36. The Bertz CT molecular complexity index is 2560. The molecule has 338 valence electrons. The highest BCUT2D eigenvalue weighted by molar-refractivity contribution is 6.31. The van der Waals surface area contributed by atoms with Crippen LogP contribution in [0.25, 0.3) is 22.1 Å². The molecule has 8 rings (SSSR count). The van der Waals surface area contributed by atoms with Gasteiger partial charge in [-0.05, 0) is 93.1 Å². The van der Waals surface area contributed by atoms with Crippen LogP contribution in [0.1, 0.15) is 76.2 Å². The SMILES string of the molecule is Cc1nc(Cl)n(C)c1Cn1c(NC2CCN(CC(=O)C(C)C)CC2)nc2ccc(Cl)cc21.Cc1nc(Cl)n(C)c1Cn1c(NC2CCN(CC(=O)C(C)C)CC2)nc2ccccc21. The Morgan fingerprint density at radius 3 is 1.49 bits per heavy atom. The summed E-state index contributed by atoms with van der Waals surface area (Å²) < 4.78 is 8.20. The van der Waals surface area contributed by atoms with E-state index >= 15 is 0 Å². The fraction of sp³-hybridized carbons (Fsp3) is 0.522. The molecule has 0 amide bonds. The molecular formula is C46H61Cl3N12O2. The highest BCUT2D eigenvalue weighted by Gasteiger charge is 2.26. The van der Waals surface area contributed by atoms with Crippen LogP contribution in [0, 0.1) is 25.7 Å². The maximum atomic E-state index is 12.1. The molecule has 2 aliphatic heterocycles. The van der Waals surface area contributed by atoms with Crippen molar-refractivity contribution in [3.8, 4) is 0 Å². The van der Waals surface area contributed by atoms with Crippen LogP contribution in [0.3, 0.4) is 0 Å². The molecule has 2 N–H and O–H groups in total. The van der Waals surface area contributed by atoms with E-state index < -0.39 is 0 Å². The predicted molar refractivity (Wildman–Crippen MR) is 254 cm³/mol. The van der Waals surface area contributed by atoms with E-state index in [0.29, 0.717) is 65.4 Å². The standard InChI is InChI=1S/C23H30Cl2N6O.C23H31ClN6O/c1-14(2)21(32)13-30-9-7-17(8-10-30)27-23-28-18-6-5-16(24)11-19(18)31(23)12-20-15(3)26-22(25)29(20)4;1-15(2)21(31)14-29-11-9-17(10-12-29)26-23-27-18-7-5-6-8-19(18)30(23)13-20-16(3)25-22(24)28(20)4/h5-6,11,14,17H,7-10,12-13H2,1-4H3,(H,27,28);5-8,15,17H,9-14H2,1-4H3,(H,26,27). The highest BCUT2D eigenvalue weighted by atomic mass is 35.5. The summed E-state index contributed by atoms with van der Waals surface area (Å²) in [6.07, 6.45) is 3.91. The summed E-state index contributed by atoms with van der Waals surface area (Å²) in [5.41, 5.74) is 7.84. The average Bonchev–Trinajstić information content (AvgIpc) is 3.92. The molecule has 14 nitrogen and oxygen atoms in total. The van der Waals surface area contributed by atoms with E-state index in [-0.39, 0.29) is 11.8 Å². The van der Waals surface area contributed by atoms with E-state index in [9.17, 15) is 9.59 Å². The zero-order valence-corrected chi connectivity index (χ0v) is 40.0. The van der Waals surface area contributed by atoms with Gasteiger partial charge in [-0.15, -0.1) is 0 Å². The summed E-state index contributed by atoms with van der Waals surface area (Å²) in [7, 11) is 3.86. The first-order valence-corrected chi connectivity index (χ1v) is 23.2. The van der Waals surface area contributed by atoms with Crippen molar-refractivity contribution in [1.29, 1.82) is 0 Å². The van der Waals surface area contributed by atoms with E-state index in [0.717, 1.165) is 109 Å². The summed E-state index contributed by atoms with van der Waals surface area (Å²) in [6, 6.07) is 14.6. The van der Waals surface area contributed by atoms with Gasteiger partial charge in [0, 0.05) is 69.2 Å². The summed E-state index contributed by atoms with van der Waals surface area (Å²) in [4.78, 5) is 47.2. The van der Waals surface area contributed by atoms with Gasteiger partial charge in [0.05, 0.1) is 71.0 Å². The van der Waals surface area contributed by atoms with Gasteiger partial charge < -0.3 is 28.9 Å². The molecule has 2 aliphatic rings. The van der Waals surface area contributed by atoms with Crippen LogP contribution >= 0.6 is 34.8 Å². The molecule has 0 saturated carbocycles. The Balaban J connectivity index is 0.000000189. The van der Waals surface area contributed by atoms with Crippen LogP contribution in [-0.2, 0) is 36.8 Å². The molecule has 4 aromatic heterocycles. The Labute approximate surface area is 385 Å². The molecule has 0 radical (unpaired) electrons. The maximum Gasteiger partial charge on any atom is 0.204 e. The molecule has 2 fully saturated rings. The lowest BCUT2D eigenvalue weighted by Crippen LogP contribution is -2.42. The van der Waals surface area contributed by atoms with Crippen molar-refractivity contribution in [2.75, 3.05) is 49.9 Å². The van der Waals surface area contributed by atoms with Crippen molar-refractivity contribution in [2.24, 2.45) is 25.9 Å². The van der Waals surface area contributed by atoms with Gasteiger partial charge in [0.25, 0.3) is 0 Å². The van der Waals surface area contributed by atoms with E-state index in [4.69, 9.17) is 44.8 Å². The van der Waals surface area contributed by atoms with Gasteiger partial charge in [-0.3, -0.25) is 19.4 Å². The van der Waals surface area contributed by atoms with Crippen LogP contribution in [0.4, 0.5) is 11.9 Å². The number of hydrogen-bond acceptors (Lipinski definition) is 10. The second-order valence-electron chi connectivity index (χ2n) is 17.7. The van der Waals surface area contributed by atoms with Crippen molar-refractivity contribution >= 4 is 80.3 Å². The molecule has 2 saturated heterocycles. The van der Waals surface area contributed by atoms with E-state index in [1.54, 1.807) is 0 Å². The number of hydrogen-bond donors (Lipinski definition) is 2. The topological polar surface area (TPSA) is 136 Å². The quantitative estimate of drug-likeness (QED) is 0.110. The highest BCUT2D eigenvalue weighted by Crippen LogP contribution is 2.29. The molecule has 17 heteroatoms. The van der Waals surface area contributed by atoms with Crippen molar-refractivity contribution in [1.82, 2.24) is 48.0 Å². The maximum absolute atomic E-state index is 12.1. The average molecular weight is 920 g/mol. The number of benzene rings is 2. The molecule has 2 aromatic carbocycles. The number of fused-ring (bicyclic) bond motifs is 2. The van der Waals surface area contributed by atoms with Gasteiger partial charge in [0.15, 0.2) is 0 Å². The molecule has 0 unspecified atom stereocenters. The number of aromatic nitrogens is 8. The van der Waals surface area contributed by atoms with Crippen LogP contribution in [0.5, 0.6) is 0 Å². The Hall–Kier alpha value is -4.47. The Morgan fingerprint density at radius 2 is 1.06 bits per heavy atom. The summed E-state index contributed by atoms with van der Waals surface area (Å²) in [5, 5.41) is 8.97. The Kier molecular flexibility index (Phi) is 14.9. The van der Waals surface area contributed by atoms with Gasteiger partial charge in [-0.2, -0.15) is 0 Å². The van der Waals surface area contributed by atoms with Crippen molar-refractivity contribution in [2.45, 2.75) is 92.4 Å². The zero-order chi connectivity index (χ0) is 45.1. The number of piperidine rings is 2. The minimum absolute atomic E-state index is 0.0848. The van der Waals surface area contributed by atoms with Gasteiger partial charge >= 0.3 is 0 Å². The third-order valence-corrected chi connectivity index (χ3v) is 13.5. The molecule has 6 aromatic rings. The largest absolute Gasteiger partial charge is 0.353 e. The fourth-order valence-corrected chi connectivity index (χ4v) is 8.98. The first-order chi connectivity index (χ1) is 30.1. The van der Waals surface area contributed by atoms with Gasteiger partial charge in [-0.25, -0.2) is 19.9 Å². The number of imidazole rings is 4. The van der Waals surface area contributed by atoms with Crippen molar-refractivity contribution in [3.05, 3.63) is 80.8 Å². The third-order valence-electron chi connectivity index (χ3n) is 12.6. The van der Waals surface area contributed by atoms with E-state index in [1.807, 2.05) is 101 Å². The zero-order valence-electron chi connectivity index (χ0n) is 37.8. The molecule has 63 heavy (non-hydrogen) atoms. The van der Waals surface area contributed by atoms with Crippen molar-refractivity contribution in [3.63, 3.8) is 0 Å². The molecule has 0 aliphatic carbocycles. The molecule has 6 heterocycles. The number of para-hydroxylation sites is 2. The number of halogens is 3. The monoisotopic (exact) mass is 918 g/mol. The lowest BCUT2D eigenvalue weighted by Gasteiger charge is -2.32. The Morgan fingerprint density at radius 1 is 0.635 bits per heavy atom. The van der Waals surface area contributed by atoms with Crippen molar-refractivity contribution < 1.29 is 9.59 Å². The summed E-state index contributed by atoms with van der Waals surface area (Å²) in [6.45, 7) is 17.8. The molecule has 0 spiro atoms. The lowest BCUT2D eigenvalue weighted by atomic mass is 10.0. The number of anilines is 2. The van der Waals surface area contributed by atoms with Crippen LogP contribution in [0.2, 0.25) is 15.6 Å². The van der Waals surface area contributed by atoms with E-state index in [1.165, 1.54) is 0 Å². The normalized spacial score (nSPS) is 15.8. The minimum Gasteiger partial charge on any atom is -0.353 e. The molecule has 0 bridgehead atoms. The van der Waals surface area contributed by atoms with Gasteiger partial charge in [0.1, 0.15) is 11.6 Å². The first kappa shape index (κ1) is 46.5. The number of ketones is 2. The van der Waals surface area contributed by atoms with E-state index in [2.05, 4.69) is 45.6 Å². The smallest absolute Gasteiger partial charge is 0.204 e. The number of carbonyl (C=O) groups excluding carboxylic acids is 2. The van der Waals surface area contributed by atoms with Crippen LogP contribution < -0.4 is 10.6 Å². The lowest BCUT2D eigenvalue weighted by molar-refractivity contribution is -0.124. The number of nitrogens with one attached hydrogen (secondary N) is 2. The molecule has 0 atom stereocenters. The predicted octanol–water partition coefficient (Wildman–Crippen LogP) is 8.42. The van der Waals surface area contributed by atoms with Gasteiger partial charge in [0.2, 0.25) is 22.5 Å². The second-order valence-corrected chi connectivity index (χ2v) is 18.9. The number of aryl methyl sites for hydroxylation is 2. The summed E-state index contributed by atoms with van der Waals surface area (Å²) >= 11 is 18.8. The number of likely N-dealkylation sites (tertiary alicyclic amines) is 2. The molecular weight excluding hydrogens is 859 g/mol.